The Morgan fingerprint density at radius 2 is 1.37 bits per heavy atom. The van der Waals surface area contributed by atoms with Crippen LogP contribution in [0.4, 0.5) is 5.69 Å². The zero-order valence-electron chi connectivity index (χ0n) is 14.1. The summed E-state index contributed by atoms with van der Waals surface area (Å²) in [5, 5.41) is 0. The van der Waals surface area contributed by atoms with Crippen LogP contribution in [0.25, 0.3) is 0 Å². The first kappa shape index (κ1) is 16.3. The molecule has 0 saturated carbocycles. The van der Waals surface area contributed by atoms with Crippen molar-refractivity contribution < 1.29 is 19.1 Å². The summed E-state index contributed by atoms with van der Waals surface area (Å²) in [6.07, 6.45) is 0. The van der Waals surface area contributed by atoms with Crippen LogP contribution >= 0.6 is 15.9 Å². The van der Waals surface area contributed by atoms with E-state index in [4.69, 9.17) is 9.47 Å². The Hall–Kier alpha value is -2.86. The summed E-state index contributed by atoms with van der Waals surface area (Å²) in [5.74, 6) is -1.23. The Morgan fingerprint density at radius 1 is 0.815 bits per heavy atom. The van der Waals surface area contributed by atoms with Crippen LogP contribution in [-0.4, -0.2) is 25.2 Å². The van der Waals surface area contributed by atoms with Crippen molar-refractivity contribution >= 4 is 33.6 Å². The van der Waals surface area contributed by atoms with Crippen LogP contribution in [0.15, 0.2) is 81.6 Å². The highest BCUT2D eigenvalue weighted by Crippen LogP contribution is 2.48. The average Bonchev–Trinajstić information content (AvgIpc) is 3.26. The van der Waals surface area contributed by atoms with E-state index >= 15 is 0 Å². The van der Waals surface area contributed by atoms with E-state index in [9.17, 15) is 9.59 Å². The van der Waals surface area contributed by atoms with E-state index in [0.717, 1.165) is 27.1 Å². The number of halogens is 1. The molecule has 0 amide bonds. The zero-order chi connectivity index (χ0) is 18.5. The van der Waals surface area contributed by atoms with Crippen molar-refractivity contribution in [1.29, 1.82) is 0 Å². The van der Waals surface area contributed by atoms with Crippen LogP contribution in [-0.2, 0) is 19.1 Å². The van der Waals surface area contributed by atoms with E-state index < -0.39 is 5.92 Å². The SMILES string of the molecule is O=C1OCC2=C1C(c1ccccc1)C1=C(COC1=O)N2c1ccc(Br)cc1. The highest BCUT2D eigenvalue weighted by molar-refractivity contribution is 9.10. The first-order valence-corrected chi connectivity index (χ1v) is 9.35. The number of cyclic esters (lactones) is 2. The lowest BCUT2D eigenvalue weighted by atomic mass is 9.80. The number of esters is 2. The summed E-state index contributed by atoms with van der Waals surface area (Å²) in [6.45, 7) is 0.358. The largest absolute Gasteiger partial charge is 0.456 e. The molecule has 27 heavy (non-hydrogen) atoms. The quantitative estimate of drug-likeness (QED) is 0.689. The van der Waals surface area contributed by atoms with Crippen molar-refractivity contribution in [2.75, 3.05) is 18.1 Å². The molecule has 3 aliphatic heterocycles. The number of ether oxygens (including phenoxy) is 2. The summed E-state index contributed by atoms with van der Waals surface area (Å²) < 4.78 is 11.7. The molecule has 0 aliphatic carbocycles. The van der Waals surface area contributed by atoms with Crippen molar-refractivity contribution in [2.45, 2.75) is 5.92 Å². The van der Waals surface area contributed by atoms with Crippen LogP contribution < -0.4 is 4.90 Å². The Balaban J connectivity index is 1.75. The molecule has 3 heterocycles. The Bertz CT molecular complexity index is 982. The third-order valence-electron chi connectivity index (χ3n) is 5.08. The van der Waals surface area contributed by atoms with Crippen LogP contribution in [0.1, 0.15) is 11.5 Å². The molecule has 134 valence electrons. The molecule has 2 aromatic carbocycles. The molecule has 3 aliphatic rings. The molecule has 0 aromatic heterocycles. The van der Waals surface area contributed by atoms with Gasteiger partial charge in [-0.05, 0) is 29.8 Å². The van der Waals surface area contributed by atoms with Crippen molar-refractivity contribution in [3.8, 4) is 0 Å². The minimum Gasteiger partial charge on any atom is -0.456 e. The number of benzene rings is 2. The Morgan fingerprint density at radius 3 is 1.93 bits per heavy atom. The predicted molar refractivity (Wildman–Crippen MR) is 102 cm³/mol. The fraction of sp³-hybridized carbons (Fsp3) is 0.143. The van der Waals surface area contributed by atoms with Gasteiger partial charge < -0.3 is 14.4 Å². The van der Waals surface area contributed by atoms with Crippen LogP contribution in [0.5, 0.6) is 0 Å². The van der Waals surface area contributed by atoms with Crippen molar-refractivity contribution in [3.05, 3.63) is 87.2 Å². The van der Waals surface area contributed by atoms with Gasteiger partial charge in [-0.3, -0.25) is 0 Å². The van der Waals surface area contributed by atoms with E-state index in [1.807, 2.05) is 59.5 Å². The highest BCUT2D eigenvalue weighted by atomic mass is 79.9. The first-order valence-electron chi connectivity index (χ1n) is 8.56. The van der Waals surface area contributed by atoms with Crippen LogP contribution in [0, 0.1) is 0 Å². The number of hydrogen-bond donors (Lipinski definition) is 0. The van der Waals surface area contributed by atoms with Gasteiger partial charge in [-0.2, -0.15) is 0 Å². The second kappa shape index (κ2) is 6.09. The molecule has 5 rings (SSSR count). The predicted octanol–water partition coefficient (Wildman–Crippen LogP) is 3.67. The first-order chi connectivity index (χ1) is 13.1. The normalized spacial score (nSPS) is 19.2. The lowest BCUT2D eigenvalue weighted by Gasteiger charge is -2.33. The van der Waals surface area contributed by atoms with Gasteiger partial charge in [-0.25, -0.2) is 9.59 Å². The number of carbonyl (C=O) groups is 2. The topological polar surface area (TPSA) is 55.8 Å². The molecule has 0 radical (unpaired) electrons. The number of nitrogens with zero attached hydrogens (tertiary/aromatic N) is 1. The van der Waals surface area contributed by atoms with Gasteiger partial charge in [-0.15, -0.1) is 0 Å². The van der Waals surface area contributed by atoms with Gasteiger partial charge >= 0.3 is 11.9 Å². The number of rotatable bonds is 2. The van der Waals surface area contributed by atoms with E-state index in [1.165, 1.54) is 0 Å². The number of carbonyl (C=O) groups excluding carboxylic acids is 2. The maximum absolute atomic E-state index is 12.6. The minimum absolute atomic E-state index is 0.179. The lowest BCUT2D eigenvalue weighted by Crippen LogP contribution is -2.32. The smallest absolute Gasteiger partial charge is 0.337 e. The van der Waals surface area contributed by atoms with Gasteiger partial charge in [0.05, 0.1) is 28.5 Å². The molecule has 0 fully saturated rings. The molecule has 0 bridgehead atoms. The van der Waals surface area contributed by atoms with Crippen molar-refractivity contribution in [3.63, 3.8) is 0 Å². The maximum atomic E-state index is 12.6. The Kier molecular flexibility index (Phi) is 3.68. The van der Waals surface area contributed by atoms with Crippen molar-refractivity contribution in [1.82, 2.24) is 0 Å². The highest BCUT2D eigenvalue weighted by Gasteiger charge is 2.48. The van der Waals surface area contributed by atoms with Crippen molar-refractivity contribution in [2.24, 2.45) is 0 Å². The Labute approximate surface area is 164 Å². The molecule has 5 nitrogen and oxygen atoms in total. The summed E-state index contributed by atoms with van der Waals surface area (Å²) in [5.41, 5.74) is 4.32. The standard InChI is InChI=1S/C21H14BrNO4/c22-13-6-8-14(9-7-13)23-15-10-26-20(24)18(15)17(12-4-2-1-3-5-12)19-16(23)11-27-21(19)25/h1-9,17H,10-11H2. The van der Waals surface area contributed by atoms with E-state index in [0.29, 0.717) is 11.1 Å². The molecular formula is C21H14BrNO4. The average molecular weight is 424 g/mol. The third kappa shape index (κ3) is 2.44. The van der Waals surface area contributed by atoms with Crippen LogP contribution in [0.2, 0.25) is 0 Å². The minimum atomic E-state index is -0.465. The van der Waals surface area contributed by atoms with Gasteiger partial charge in [0.1, 0.15) is 13.2 Å². The van der Waals surface area contributed by atoms with E-state index in [-0.39, 0.29) is 25.2 Å². The summed E-state index contributed by atoms with van der Waals surface area (Å²) in [6, 6.07) is 17.3. The van der Waals surface area contributed by atoms with Crippen LogP contribution in [0.3, 0.4) is 0 Å². The number of hydrogen-bond acceptors (Lipinski definition) is 5. The summed E-state index contributed by atoms with van der Waals surface area (Å²) >= 11 is 3.44. The van der Waals surface area contributed by atoms with Gasteiger partial charge in [0.2, 0.25) is 0 Å². The summed E-state index contributed by atoms with van der Waals surface area (Å²) in [4.78, 5) is 27.2. The maximum Gasteiger partial charge on any atom is 0.337 e. The molecule has 0 spiro atoms. The van der Waals surface area contributed by atoms with Gasteiger partial charge in [0.25, 0.3) is 0 Å². The fourth-order valence-corrected chi connectivity index (χ4v) is 4.21. The molecule has 6 heteroatoms. The lowest BCUT2D eigenvalue weighted by molar-refractivity contribution is -0.136. The monoisotopic (exact) mass is 423 g/mol. The molecule has 0 unspecified atom stereocenters. The molecule has 0 saturated heterocycles. The van der Waals surface area contributed by atoms with Gasteiger partial charge in [-0.1, -0.05) is 46.3 Å². The fourth-order valence-electron chi connectivity index (χ4n) is 3.94. The molecular weight excluding hydrogens is 410 g/mol. The zero-order valence-corrected chi connectivity index (χ0v) is 15.7. The van der Waals surface area contributed by atoms with E-state index in [1.54, 1.807) is 0 Å². The third-order valence-corrected chi connectivity index (χ3v) is 5.61. The number of anilines is 1. The molecule has 0 atom stereocenters. The summed E-state index contributed by atoms with van der Waals surface area (Å²) in [7, 11) is 0. The second-order valence-corrected chi connectivity index (χ2v) is 7.44. The van der Waals surface area contributed by atoms with E-state index in [2.05, 4.69) is 15.9 Å². The van der Waals surface area contributed by atoms with Gasteiger partial charge in [0.15, 0.2) is 0 Å². The molecule has 0 N–H and O–H groups in total. The van der Waals surface area contributed by atoms with Gasteiger partial charge in [0, 0.05) is 10.2 Å². The molecule has 2 aromatic rings. The second-order valence-electron chi connectivity index (χ2n) is 6.53.